The molecular weight excluding hydrogens is 1080 g/mol. The summed E-state index contributed by atoms with van der Waals surface area (Å²) in [7, 11) is 1.45. The molecule has 16 rings (SSSR count). The van der Waals surface area contributed by atoms with E-state index in [0.717, 1.165) is 108 Å². The van der Waals surface area contributed by atoms with E-state index in [1.54, 1.807) is 13.0 Å². The Labute approximate surface area is 500 Å². The van der Waals surface area contributed by atoms with Gasteiger partial charge >= 0.3 is 23.9 Å². The smallest absolute Gasteiger partial charge is 0.309 e. The maximum atomic E-state index is 13.0. The number of thioether (sulfide) groups is 1. The topological polar surface area (TPSA) is 186 Å². The maximum Gasteiger partial charge on any atom is 0.309 e. The van der Waals surface area contributed by atoms with Crippen LogP contribution in [0.5, 0.6) is 0 Å². The summed E-state index contributed by atoms with van der Waals surface area (Å²) in [6, 6.07) is 0. The maximum absolute atomic E-state index is 13.0. The molecule has 12 fully saturated rings. The molecule has 14 heteroatoms. The fourth-order valence-electron chi connectivity index (χ4n) is 24.1. The molecule has 0 aromatic rings. The Morgan fingerprint density at radius 3 is 1.67 bits per heavy atom. The van der Waals surface area contributed by atoms with Gasteiger partial charge in [0.15, 0.2) is 22.5 Å². The van der Waals surface area contributed by atoms with Gasteiger partial charge in [0, 0.05) is 78.3 Å². The molecule has 4 saturated heterocycles. The predicted molar refractivity (Wildman–Crippen MR) is 312 cm³/mol. The van der Waals surface area contributed by atoms with E-state index in [4.69, 9.17) is 23.7 Å². The van der Waals surface area contributed by atoms with E-state index in [1.165, 1.54) is 42.9 Å². The fraction of sp³-hybridized carbons (Fsp3) is 0.771. The number of methoxy groups -OCH3 is 1. The number of hydrogen-bond donors (Lipinski definition) is 0. The van der Waals surface area contributed by atoms with Gasteiger partial charge in [-0.15, -0.1) is 0 Å². The van der Waals surface area contributed by atoms with Gasteiger partial charge in [0.25, 0.3) is 0 Å². The minimum absolute atomic E-state index is 0.00570. The number of carbonyl (C=O) groups excluding carboxylic acids is 8. The van der Waals surface area contributed by atoms with Crippen molar-refractivity contribution >= 4 is 58.1 Å². The van der Waals surface area contributed by atoms with Gasteiger partial charge in [-0.2, -0.15) is 0 Å². The summed E-state index contributed by atoms with van der Waals surface area (Å²) in [6.45, 7) is 15.7. The van der Waals surface area contributed by atoms with E-state index >= 15 is 0 Å². The molecule has 8 saturated carbocycles. The van der Waals surface area contributed by atoms with Crippen LogP contribution in [0.1, 0.15) is 209 Å². The Kier molecular flexibility index (Phi) is 13.1. The summed E-state index contributed by atoms with van der Waals surface area (Å²) in [5, 5.41) is 0.409. The van der Waals surface area contributed by atoms with Crippen molar-refractivity contribution in [2.45, 2.75) is 243 Å². The molecule has 4 heterocycles. The Morgan fingerprint density at radius 2 is 1.07 bits per heavy atom. The highest BCUT2D eigenvalue weighted by Crippen LogP contribution is 2.79. The molecule has 4 spiro atoms. The molecule has 84 heavy (non-hydrogen) atoms. The first kappa shape index (κ1) is 57.6. The second-order valence-corrected chi connectivity index (χ2v) is 32.6. The second-order valence-electron chi connectivity index (χ2n) is 31.2. The van der Waals surface area contributed by atoms with Crippen LogP contribution in [0, 0.1) is 85.8 Å². The number of carbonyl (C=O) groups is 8. The van der Waals surface area contributed by atoms with Gasteiger partial charge in [-0.3, -0.25) is 38.4 Å². The van der Waals surface area contributed by atoms with Crippen molar-refractivity contribution in [1.29, 1.82) is 0 Å². The van der Waals surface area contributed by atoms with E-state index in [1.807, 2.05) is 12.2 Å². The van der Waals surface area contributed by atoms with Gasteiger partial charge in [-0.25, -0.2) is 0 Å². The summed E-state index contributed by atoms with van der Waals surface area (Å²) in [4.78, 5) is 97.6. The molecule has 13 nitrogen and oxygen atoms in total. The molecule has 0 N–H and O–H groups in total. The van der Waals surface area contributed by atoms with Crippen molar-refractivity contribution < 1.29 is 62.0 Å². The molecule has 16 aliphatic rings. The molecule has 0 radical (unpaired) electrons. The number of epoxide rings is 1. The number of rotatable bonds is 2. The Bertz CT molecular complexity index is 3080. The van der Waals surface area contributed by atoms with Crippen LogP contribution in [-0.2, 0) is 62.0 Å². The Hall–Kier alpha value is -4.17. The number of fused-ring (bicyclic) bond motifs is 16. The average molecular weight is 1170 g/mol. The number of allylic oxidation sites excluding steroid dienone is 5. The standard InChI is InChI=1S/C24H30O6.C24H32O4S.C22H28O3/c1-21-7-4-14(25)10-13(21)11-15(20(27)28-3)19-16-5-8-23(9-6-18(26)30-23)22(16,2)12-17-24(19,21)29-17;1-14(25)29-19-13-15-12-16(26)4-8-22(15,2)17-5-9-23(3)18(21(17)19)6-10-24(23)11-7-20(27)28-24;1-20-9-5-15(23)13-14(20)3-4-16-17(20)6-10-21(2)18(16)7-11-22(21)12-8-19(24)25-22/h10,15-17,19H,4-9,11-12H2,1-3H3;12,17-19,21H,4-11,13H2,1-3H3;3-4,13,16-18H,5-12H2,1-2H3/t15-,16+,17-,19+,21+,22+,23-,24-;17-,18-,19+,21+,22-,23-,24+;16-,17+,18+,20+,21+,22-/m101/s1. The third-order valence-electron chi connectivity index (χ3n) is 28.7. The van der Waals surface area contributed by atoms with E-state index in [-0.39, 0.29) is 119 Å². The van der Waals surface area contributed by atoms with Crippen molar-refractivity contribution in [3.63, 3.8) is 0 Å². The number of esters is 4. The van der Waals surface area contributed by atoms with Crippen LogP contribution in [0.25, 0.3) is 0 Å². The van der Waals surface area contributed by atoms with Crippen molar-refractivity contribution in [3.8, 4) is 0 Å². The molecule has 0 aromatic heterocycles. The molecule has 0 aromatic carbocycles. The molecule has 0 bridgehead atoms. The zero-order valence-corrected chi connectivity index (χ0v) is 51.9. The summed E-state index contributed by atoms with van der Waals surface area (Å²) in [5.74, 6) is 3.55. The van der Waals surface area contributed by atoms with Gasteiger partial charge in [0.2, 0.25) is 0 Å². The minimum atomic E-state index is -0.424. The van der Waals surface area contributed by atoms with Crippen LogP contribution < -0.4 is 0 Å². The van der Waals surface area contributed by atoms with Crippen molar-refractivity contribution in [1.82, 2.24) is 0 Å². The highest BCUT2D eigenvalue weighted by atomic mass is 32.2. The zero-order valence-electron chi connectivity index (χ0n) is 51.1. The lowest BCUT2D eigenvalue weighted by Gasteiger charge is -2.61. The monoisotopic (exact) mass is 1170 g/mol. The van der Waals surface area contributed by atoms with E-state index in [2.05, 4.69) is 53.7 Å². The molecular formula is C70H90O13S. The van der Waals surface area contributed by atoms with E-state index < -0.39 is 11.2 Å². The molecule has 12 aliphatic carbocycles. The van der Waals surface area contributed by atoms with Crippen LogP contribution in [-0.4, -0.2) is 87.2 Å². The molecule has 0 unspecified atom stereocenters. The third kappa shape index (κ3) is 7.73. The first-order valence-electron chi connectivity index (χ1n) is 32.8. The van der Waals surface area contributed by atoms with Gasteiger partial charge in [0.05, 0.1) is 19.1 Å². The van der Waals surface area contributed by atoms with Crippen molar-refractivity contribution in [2.75, 3.05) is 7.11 Å². The zero-order chi connectivity index (χ0) is 59.2. The fourth-order valence-corrected chi connectivity index (χ4v) is 25.3. The average Bonchev–Trinajstić information content (AvgIpc) is 1.47. The predicted octanol–water partition coefficient (Wildman–Crippen LogP) is 12.3. The molecule has 454 valence electrons. The second kappa shape index (κ2) is 19.2. The normalized spacial score (nSPS) is 51.0. The summed E-state index contributed by atoms with van der Waals surface area (Å²) in [6.07, 6.45) is 31.9. The van der Waals surface area contributed by atoms with Gasteiger partial charge in [-0.05, 0) is 198 Å². The summed E-state index contributed by atoms with van der Waals surface area (Å²) in [5.41, 5.74) is 2.24. The highest BCUT2D eigenvalue weighted by Gasteiger charge is 2.84. The van der Waals surface area contributed by atoms with Gasteiger partial charge in [-0.1, -0.05) is 76.6 Å². The summed E-state index contributed by atoms with van der Waals surface area (Å²) < 4.78 is 30.0. The quantitative estimate of drug-likeness (QED) is 0.144. The van der Waals surface area contributed by atoms with E-state index in [0.29, 0.717) is 80.5 Å². The van der Waals surface area contributed by atoms with Crippen LogP contribution >= 0.6 is 11.8 Å². The van der Waals surface area contributed by atoms with Crippen LogP contribution in [0.15, 0.2) is 47.1 Å². The van der Waals surface area contributed by atoms with Crippen molar-refractivity contribution in [3.05, 3.63) is 47.1 Å². The van der Waals surface area contributed by atoms with Gasteiger partial charge in [0.1, 0.15) is 22.4 Å². The highest BCUT2D eigenvalue weighted by molar-refractivity contribution is 8.14. The first-order valence-corrected chi connectivity index (χ1v) is 33.6. The molecule has 21 atom stereocenters. The third-order valence-corrected chi connectivity index (χ3v) is 29.8. The van der Waals surface area contributed by atoms with Gasteiger partial charge < -0.3 is 23.7 Å². The van der Waals surface area contributed by atoms with E-state index in [9.17, 15) is 38.4 Å². The molecule has 4 aliphatic heterocycles. The minimum Gasteiger partial charge on any atom is -0.469 e. The lowest BCUT2D eigenvalue weighted by molar-refractivity contribution is -0.172. The number of ether oxygens (including phenoxy) is 5. The number of hydrogen-bond acceptors (Lipinski definition) is 14. The van der Waals surface area contributed by atoms with Crippen LogP contribution in [0.2, 0.25) is 0 Å². The lowest BCUT2D eigenvalue weighted by atomic mass is 9.43. The first-order chi connectivity index (χ1) is 39.8. The van der Waals surface area contributed by atoms with Crippen molar-refractivity contribution in [2.24, 2.45) is 85.8 Å². The SMILES string of the molecule is CC(=O)S[C@@H]1CC2=CC(=O)CC[C@]2(C)[C@H]2CC[C@@]3(C)[C@@H](CC[C@@]34CCC(=O)O4)[C@H]12.COC(=O)[C@@H]1CC2=CC(=O)CC[C@]2(C)[C@@]23O[C@@H]2C[C@@]2(C)[C@@H](CC[C@@]24CCC(=O)O4)[C@H]13.C[C@]12CCC(=O)C=C1C=C[C@@H]1[C@@H]2CC[C@@]2(C)[C@H]1CC[C@@]21CCC(=O)O1. The largest absolute Gasteiger partial charge is 0.469 e. The van der Waals surface area contributed by atoms with Crippen LogP contribution in [0.4, 0.5) is 0 Å². The summed E-state index contributed by atoms with van der Waals surface area (Å²) >= 11 is 1.50. The number of ketones is 3. The lowest BCUT2D eigenvalue weighted by Crippen LogP contribution is -2.63. The Morgan fingerprint density at radius 1 is 0.548 bits per heavy atom. The van der Waals surface area contributed by atoms with Crippen LogP contribution in [0.3, 0.4) is 0 Å². The molecule has 0 amide bonds. The Balaban J connectivity index is 0.000000112.